The number of pyridine rings is 1. The molecule has 0 atom stereocenters. The lowest BCUT2D eigenvalue weighted by Crippen LogP contribution is -2.18. The van der Waals surface area contributed by atoms with Crippen molar-refractivity contribution in [2.45, 2.75) is 19.8 Å². The summed E-state index contributed by atoms with van der Waals surface area (Å²) < 4.78 is 0. The molecule has 0 spiro atoms. The van der Waals surface area contributed by atoms with Crippen molar-refractivity contribution in [3.05, 3.63) is 59.6 Å². The first-order valence-electron chi connectivity index (χ1n) is 9.37. The van der Waals surface area contributed by atoms with Gasteiger partial charge in [0.2, 0.25) is 0 Å². The Morgan fingerprint density at radius 1 is 1.26 bits per heavy atom. The van der Waals surface area contributed by atoms with Crippen LogP contribution in [0.15, 0.2) is 42.9 Å². The van der Waals surface area contributed by atoms with Gasteiger partial charge in [0.25, 0.3) is 0 Å². The summed E-state index contributed by atoms with van der Waals surface area (Å²) in [6, 6.07) is 8.44. The smallest absolute Gasteiger partial charge is 0.103 e. The molecule has 5 nitrogen and oxygen atoms in total. The van der Waals surface area contributed by atoms with Crippen molar-refractivity contribution in [2.75, 3.05) is 25.0 Å². The Kier molecular flexibility index (Phi) is 4.91. The van der Waals surface area contributed by atoms with E-state index in [2.05, 4.69) is 57.5 Å². The van der Waals surface area contributed by atoms with Crippen LogP contribution in [0, 0.1) is 18.3 Å². The lowest BCUT2D eigenvalue weighted by Gasteiger charge is -2.15. The van der Waals surface area contributed by atoms with E-state index in [0.717, 1.165) is 34.6 Å². The number of aryl methyl sites for hydroxylation is 1. The average molecular weight is 357 g/mol. The molecule has 1 saturated heterocycles. The number of benzene rings is 1. The second-order valence-corrected chi connectivity index (χ2v) is 6.98. The molecule has 2 aromatic heterocycles. The fourth-order valence-electron chi connectivity index (χ4n) is 3.68. The highest BCUT2D eigenvalue weighted by Gasteiger charge is 2.12. The van der Waals surface area contributed by atoms with Gasteiger partial charge in [0.1, 0.15) is 6.07 Å². The summed E-state index contributed by atoms with van der Waals surface area (Å²) in [7, 11) is 0. The van der Waals surface area contributed by atoms with Gasteiger partial charge >= 0.3 is 0 Å². The normalized spacial score (nSPS) is 14.8. The van der Waals surface area contributed by atoms with Gasteiger partial charge in [0, 0.05) is 47.3 Å². The second kappa shape index (κ2) is 7.65. The molecule has 136 valence electrons. The van der Waals surface area contributed by atoms with Crippen LogP contribution in [0.2, 0.25) is 0 Å². The highest BCUT2D eigenvalue weighted by molar-refractivity contribution is 5.89. The van der Waals surface area contributed by atoms with Crippen molar-refractivity contribution in [2.24, 2.45) is 0 Å². The predicted octanol–water partition coefficient (Wildman–Crippen LogP) is 4.60. The number of nitrogens with zero attached hydrogens (tertiary/aromatic N) is 3. The highest BCUT2D eigenvalue weighted by atomic mass is 15.1. The minimum absolute atomic E-state index is 0.548. The second-order valence-electron chi connectivity index (χ2n) is 6.98. The van der Waals surface area contributed by atoms with Crippen molar-refractivity contribution in [1.82, 2.24) is 14.9 Å². The van der Waals surface area contributed by atoms with E-state index in [-0.39, 0.29) is 0 Å². The summed E-state index contributed by atoms with van der Waals surface area (Å²) in [5, 5.41) is 14.2. The SMILES string of the molecule is Cc1c(Nc2c(C#N)cncc2C=CCN2CCCC2)ccc2[nH]ccc12. The van der Waals surface area contributed by atoms with E-state index >= 15 is 0 Å². The third kappa shape index (κ3) is 3.57. The number of fused-ring (bicyclic) bond motifs is 1. The molecule has 0 aliphatic carbocycles. The number of aromatic amines is 1. The van der Waals surface area contributed by atoms with Crippen molar-refractivity contribution in [3.8, 4) is 6.07 Å². The van der Waals surface area contributed by atoms with Crippen LogP contribution < -0.4 is 5.32 Å². The van der Waals surface area contributed by atoms with Gasteiger partial charge in [0.05, 0.1) is 11.3 Å². The van der Waals surface area contributed by atoms with Crippen LogP contribution in [0.25, 0.3) is 17.0 Å². The van der Waals surface area contributed by atoms with Crippen molar-refractivity contribution < 1.29 is 0 Å². The summed E-state index contributed by atoms with van der Waals surface area (Å²) in [6.45, 7) is 5.36. The molecule has 1 aliphatic rings. The third-order valence-corrected chi connectivity index (χ3v) is 5.22. The summed E-state index contributed by atoms with van der Waals surface area (Å²) in [5.41, 5.74) is 5.55. The Morgan fingerprint density at radius 3 is 2.93 bits per heavy atom. The molecular formula is C22H23N5. The quantitative estimate of drug-likeness (QED) is 0.700. The van der Waals surface area contributed by atoms with Crippen molar-refractivity contribution in [3.63, 3.8) is 0 Å². The highest BCUT2D eigenvalue weighted by Crippen LogP contribution is 2.30. The minimum Gasteiger partial charge on any atom is -0.361 e. The maximum absolute atomic E-state index is 9.56. The Hall–Kier alpha value is -3.10. The number of H-pyrrole nitrogens is 1. The zero-order chi connectivity index (χ0) is 18.6. The molecule has 5 heteroatoms. The van der Waals surface area contributed by atoms with E-state index in [9.17, 15) is 5.26 Å². The first kappa shape index (κ1) is 17.3. The number of hydrogen-bond acceptors (Lipinski definition) is 4. The van der Waals surface area contributed by atoms with Gasteiger partial charge in [-0.1, -0.05) is 12.2 Å². The van der Waals surface area contributed by atoms with Gasteiger partial charge in [-0.2, -0.15) is 5.26 Å². The molecule has 0 saturated carbocycles. The number of rotatable bonds is 5. The predicted molar refractivity (Wildman–Crippen MR) is 110 cm³/mol. The molecule has 4 rings (SSSR count). The first-order chi connectivity index (χ1) is 13.3. The van der Waals surface area contributed by atoms with E-state index in [1.54, 1.807) is 6.20 Å². The molecule has 0 radical (unpaired) electrons. The molecular weight excluding hydrogens is 334 g/mol. The molecule has 0 amide bonds. The van der Waals surface area contributed by atoms with Gasteiger partial charge in [-0.3, -0.25) is 9.88 Å². The molecule has 0 bridgehead atoms. The van der Waals surface area contributed by atoms with E-state index in [0.29, 0.717) is 5.56 Å². The van der Waals surface area contributed by atoms with Crippen LogP contribution in [0.1, 0.15) is 29.5 Å². The third-order valence-electron chi connectivity index (χ3n) is 5.22. The van der Waals surface area contributed by atoms with Gasteiger partial charge in [0.15, 0.2) is 0 Å². The van der Waals surface area contributed by atoms with Crippen LogP contribution in [-0.4, -0.2) is 34.5 Å². The largest absolute Gasteiger partial charge is 0.361 e. The number of aromatic nitrogens is 2. The molecule has 0 unspecified atom stereocenters. The van der Waals surface area contributed by atoms with E-state index in [4.69, 9.17) is 0 Å². The van der Waals surface area contributed by atoms with E-state index in [1.165, 1.54) is 31.3 Å². The Balaban J connectivity index is 1.64. The molecule has 3 aromatic rings. The molecule has 1 aromatic carbocycles. The van der Waals surface area contributed by atoms with Crippen LogP contribution >= 0.6 is 0 Å². The lowest BCUT2D eigenvalue weighted by molar-refractivity contribution is 0.378. The molecule has 3 heterocycles. The molecule has 1 fully saturated rings. The molecule has 2 N–H and O–H groups in total. The zero-order valence-corrected chi connectivity index (χ0v) is 15.5. The van der Waals surface area contributed by atoms with Gasteiger partial charge < -0.3 is 10.3 Å². The number of nitriles is 1. The van der Waals surface area contributed by atoms with E-state index < -0.39 is 0 Å². The van der Waals surface area contributed by atoms with Crippen LogP contribution in [0.5, 0.6) is 0 Å². The van der Waals surface area contributed by atoms with Crippen molar-refractivity contribution >= 4 is 28.4 Å². The number of nitrogens with one attached hydrogen (secondary N) is 2. The standard InChI is InChI=1S/C22H23N5/c1-16-19-8-9-25-21(19)7-6-20(16)26-22-17(14-24-15-18(22)13-23)5-4-12-27-10-2-3-11-27/h4-9,14-15,25H,2-3,10-12H2,1H3,(H,24,26). The summed E-state index contributed by atoms with van der Waals surface area (Å²) in [5.74, 6) is 0. The molecule has 1 aliphatic heterocycles. The van der Waals surface area contributed by atoms with Crippen LogP contribution in [-0.2, 0) is 0 Å². The first-order valence-corrected chi connectivity index (χ1v) is 9.37. The number of likely N-dealkylation sites (tertiary alicyclic amines) is 1. The van der Waals surface area contributed by atoms with Gasteiger partial charge in [-0.05, 0) is 56.6 Å². The summed E-state index contributed by atoms with van der Waals surface area (Å²) in [4.78, 5) is 9.91. The van der Waals surface area contributed by atoms with E-state index in [1.807, 2.05) is 18.5 Å². The molecule has 27 heavy (non-hydrogen) atoms. The number of hydrogen-bond donors (Lipinski definition) is 2. The summed E-state index contributed by atoms with van der Waals surface area (Å²) in [6.07, 6.45) is 12.2. The average Bonchev–Trinajstić information content (AvgIpc) is 3.37. The Bertz CT molecular complexity index is 1020. The van der Waals surface area contributed by atoms with Crippen molar-refractivity contribution in [1.29, 1.82) is 5.26 Å². The Morgan fingerprint density at radius 2 is 2.11 bits per heavy atom. The topological polar surface area (TPSA) is 67.7 Å². The maximum atomic E-state index is 9.56. The number of anilines is 2. The van der Waals surface area contributed by atoms with Gasteiger partial charge in [-0.25, -0.2) is 0 Å². The zero-order valence-electron chi connectivity index (χ0n) is 15.5. The Labute approximate surface area is 159 Å². The minimum atomic E-state index is 0.548. The van der Waals surface area contributed by atoms with Crippen LogP contribution in [0.3, 0.4) is 0 Å². The fourth-order valence-corrected chi connectivity index (χ4v) is 3.68. The fraction of sp³-hybridized carbons (Fsp3) is 0.273. The monoisotopic (exact) mass is 357 g/mol. The maximum Gasteiger partial charge on any atom is 0.103 e. The lowest BCUT2D eigenvalue weighted by atomic mass is 10.1. The summed E-state index contributed by atoms with van der Waals surface area (Å²) >= 11 is 0. The van der Waals surface area contributed by atoms with Gasteiger partial charge in [-0.15, -0.1) is 0 Å². The van der Waals surface area contributed by atoms with Crippen LogP contribution in [0.4, 0.5) is 11.4 Å².